The summed E-state index contributed by atoms with van der Waals surface area (Å²) in [7, 11) is 0. The minimum Gasteiger partial charge on any atom is -0.481 e. The topological polar surface area (TPSA) is 109 Å². The molecule has 0 bridgehead atoms. The van der Waals surface area contributed by atoms with E-state index in [0.717, 1.165) is 0 Å². The van der Waals surface area contributed by atoms with Crippen molar-refractivity contribution in [3.63, 3.8) is 0 Å². The smallest absolute Gasteiger partial charge is 0.317 e. The van der Waals surface area contributed by atoms with Crippen LogP contribution in [0.2, 0.25) is 0 Å². The molecule has 0 fully saturated rings. The van der Waals surface area contributed by atoms with E-state index in [0.29, 0.717) is 29.7 Å². The second-order valence-corrected chi connectivity index (χ2v) is 5.39. The molecule has 0 saturated heterocycles. The SMILES string of the molecule is O=C(O)C(CC1CCn2c1nc1ccccc1c2=O)C(=O)O. The summed E-state index contributed by atoms with van der Waals surface area (Å²) >= 11 is 0. The summed E-state index contributed by atoms with van der Waals surface area (Å²) in [5.41, 5.74) is 0.387. The second-order valence-electron chi connectivity index (χ2n) is 5.39. The molecule has 0 amide bonds. The van der Waals surface area contributed by atoms with Gasteiger partial charge in [-0.2, -0.15) is 0 Å². The number of hydrogen-bond donors (Lipinski definition) is 2. The highest BCUT2D eigenvalue weighted by Gasteiger charge is 2.34. The number of hydrogen-bond acceptors (Lipinski definition) is 4. The molecule has 7 nitrogen and oxygen atoms in total. The predicted octanol–water partition coefficient (Wildman–Crippen LogP) is 1.06. The fraction of sp³-hybridized carbons (Fsp3) is 0.333. The Morgan fingerprint density at radius 3 is 2.64 bits per heavy atom. The lowest BCUT2D eigenvalue weighted by atomic mass is 9.93. The summed E-state index contributed by atoms with van der Waals surface area (Å²) in [6, 6.07) is 6.95. The minimum atomic E-state index is -1.49. The van der Waals surface area contributed by atoms with E-state index in [-0.39, 0.29) is 17.9 Å². The van der Waals surface area contributed by atoms with Crippen LogP contribution in [0.1, 0.15) is 24.6 Å². The van der Waals surface area contributed by atoms with E-state index in [1.165, 1.54) is 4.57 Å². The van der Waals surface area contributed by atoms with Crippen LogP contribution in [0.25, 0.3) is 10.9 Å². The summed E-state index contributed by atoms with van der Waals surface area (Å²) < 4.78 is 1.52. The molecular weight excluding hydrogens is 288 g/mol. The Bertz CT molecular complexity index is 812. The molecule has 0 saturated carbocycles. The molecule has 1 aliphatic rings. The molecule has 114 valence electrons. The Morgan fingerprint density at radius 1 is 1.27 bits per heavy atom. The third-order valence-electron chi connectivity index (χ3n) is 4.07. The molecule has 1 aromatic heterocycles. The number of carbonyl (C=O) groups is 2. The second kappa shape index (κ2) is 5.25. The molecule has 2 N–H and O–H groups in total. The van der Waals surface area contributed by atoms with Crippen LogP contribution in [0.15, 0.2) is 29.1 Å². The maximum absolute atomic E-state index is 12.4. The number of fused-ring (bicyclic) bond motifs is 2. The average molecular weight is 302 g/mol. The molecule has 0 spiro atoms. The van der Waals surface area contributed by atoms with Gasteiger partial charge in [0.1, 0.15) is 5.82 Å². The highest BCUT2D eigenvalue weighted by Crippen LogP contribution is 2.32. The first-order valence-electron chi connectivity index (χ1n) is 6.94. The van der Waals surface area contributed by atoms with Crippen LogP contribution < -0.4 is 5.56 Å². The van der Waals surface area contributed by atoms with Crippen molar-refractivity contribution in [3.05, 3.63) is 40.4 Å². The quantitative estimate of drug-likeness (QED) is 0.817. The molecule has 1 unspecified atom stereocenters. The first kappa shape index (κ1) is 14.2. The van der Waals surface area contributed by atoms with Gasteiger partial charge in [-0.3, -0.25) is 19.0 Å². The van der Waals surface area contributed by atoms with Crippen LogP contribution in [0.3, 0.4) is 0 Å². The molecule has 7 heteroatoms. The highest BCUT2D eigenvalue weighted by molar-refractivity contribution is 5.92. The van der Waals surface area contributed by atoms with E-state index in [1.807, 2.05) is 0 Å². The van der Waals surface area contributed by atoms with Crippen molar-refractivity contribution in [3.8, 4) is 0 Å². The van der Waals surface area contributed by atoms with E-state index in [2.05, 4.69) is 4.98 Å². The Kier molecular flexibility index (Phi) is 3.40. The molecule has 0 radical (unpaired) electrons. The first-order valence-corrected chi connectivity index (χ1v) is 6.94. The van der Waals surface area contributed by atoms with E-state index >= 15 is 0 Å². The Morgan fingerprint density at radius 2 is 1.95 bits per heavy atom. The third-order valence-corrected chi connectivity index (χ3v) is 4.07. The van der Waals surface area contributed by atoms with Crippen molar-refractivity contribution >= 4 is 22.8 Å². The number of para-hydroxylation sites is 1. The lowest BCUT2D eigenvalue weighted by Crippen LogP contribution is -2.26. The fourth-order valence-corrected chi connectivity index (χ4v) is 2.94. The van der Waals surface area contributed by atoms with E-state index in [4.69, 9.17) is 10.2 Å². The standard InChI is InChI=1S/C15H14N2O5/c18-13-9-3-1-2-4-11(9)16-12-8(5-6-17(12)13)7-10(14(19)20)15(21)22/h1-4,8,10H,5-7H2,(H,19,20)(H,21,22). The van der Waals surface area contributed by atoms with Gasteiger partial charge in [0.15, 0.2) is 5.92 Å². The Balaban J connectivity index is 2.03. The lowest BCUT2D eigenvalue weighted by Gasteiger charge is -2.14. The van der Waals surface area contributed by atoms with Gasteiger partial charge in [-0.25, -0.2) is 4.98 Å². The zero-order valence-electron chi connectivity index (χ0n) is 11.6. The largest absolute Gasteiger partial charge is 0.481 e. The monoisotopic (exact) mass is 302 g/mol. The molecule has 1 aromatic carbocycles. The van der Waals surface area contributed by atoms with Gasteiger partial charge in [0.05, 0.1) is 10.9 Å². The van der Waals surface area contributed by atoms with Gasteiger partial charge in [-0.15, -0.1) is 0 Å². The van der Waals surface area contributed by atoms with Gasteiger partial charge in [0, 0.05) is 12.5 Å². The van der Waals surface area contributed by atoms with Crippen molar-refractivity contribution in [1.29, 1.82) is 0 Å². The van der Waals surface area contributed by atoms with Crippen LogP contribution >= 0.6 is 0 Å². The van der Waals surface area contributed by atoms with Crippen LogP contribution in [-0.2, 0) is 16.1 Å². The summed E-state index contributed by atoms with van der Waals surface area (Å²) in [6.07, 6.45) is 0.463. The number of aliphatic carboxylic acids is 2. The highest BCUT2D eigenvalue weighted by atomic mass is 16.4. The van der Waals surface area contributed by atoms with Crippen molar-refractivity contribution in [2.45, 2.75) is 25.3 Å². The zero-order chi connectivity index (χ0) is 15.9. The van der Waals surface area contributed by atoms with Crippen molar-refractivity contribution in [1.82, 2.24) is 9.55 Å². The number of carboxylic acids is 2. The number of benzene rings is 1. The fourth-order valence-electron chi connectivity index (χ4n) is 2.94. The van der Waals surface area contributed by atoms with E-state index < -0.39 is 17.9 Å². The van der Waals surface area contributed by atoms with Crippen LogP contribution in [0.5, 0.6) is 0 Å². The number of aromatic nitrogens is 2. The van der Waals surface area contributed by atoms with Gasteiger partial charge >= 0.3 is 11.9 Å². The van der Waals surface area contributed by atoms with E-state index in [9.17, 15) is 14.4 Å². The van der Waals surface area contributed by atoms with Crippen molar-refractivity contribution in [2.75, 3.05) is 0 Å². The first-order chi connectivity index (χ1) is 10.5. The Hall–Kier alpha value is -2.70. The number of rotatable bonds is 4. The Labute approximate surface area is 124 Å². The van der Waals surface area contributed by atoms with Crippen molar-refractivity contribution < 1.29 is 19.8 Å². The summed E-state index contributed by atoms with van der Waals surface area (Å²) in [6.45, 7) is 0.433. The molecule has 3 rings (SSSR count). The molecular formula is C15H14N2O5. The van der Waals surface area contributed by atoms with Gasteiger partial charge in [-0.05, 0) is 25.0 Å². The predicted molar refractivity (Wildman–Crippen MR) is 76.7 cm³/mol. The maximum Gasteiger partial charge on any atom is 0.317 e. The van der Waals surface area contributed by atoms with E-state index in [1.54, 1.807) is 24.3 Å². The van der Waals surface area contributed by atoms with Crippen LogP contribution in [0, 0.1) is 5.92 Å². The van der Waals surface area contributed by atoms with Gasteiger partial charge in [0.2, 0.25) is 0 Å². The maximum atomic E-state index is 12.4. The van der Waals surface area contributed by atoms with Crippen molar-refractivity contribution in [2.24, 2.45) is 5.92 Å². The molecule has 1 aliphatic heterocycles. The minimum absolute atomic E-state index is 0.0601. The summed E-state index contributed by atoms with van der Waals surface area (Å²) in [4.78, 5) is 39.0. The normalized spacial score (nSPS) is 16.9. The van der Waals surface area contributed by atoms with Crippen LogP contribution in [-0.4, -0.2) is 31.7 Å². The molecule has 22 heavy (non-hydrogen) atoms. The van der Waals surface area contributed by atoms with Crippen LogP contribution in [0.4, 0.5) is 0 Å². The summed E-state index contributed by atoms with van der Waals surface area (Å²) in [5, 5.41) is 18.5. The van der Waals surface area contributed by atoms with Gasteiger partial charge in [-0.1, -0.05) is 12.1 Å². The number of carboxylic acid groups (broad SMARTS) is 2. The van der Waals surface area contributed by atoms with Gasteiger partial charge in [0.25, 0.3) is 5.56 Å². The average Bonchev–Trinajstić information content (AvgIpc) is 2.87. The number of nitrogens with zero attached hydrogens (tertiary/aromatic N) is 2. The lowest BCUT2D eigenvalue weighted by molar-refractivity contribution is -0.155. The zero-order valence-corrected chi connectivity index (χ0v) is 11.6. The third kappa shape index (κ3) is 2.24. The molecule has 2 heterocycles. The summed E-state index contributed by atoms with van der Waals surface area (Å²) in [5.74, 6) is -4.08. The molecule has 1 atom stereocenters. The molecule has 0 aliphatic carbocycles. The molecule has 2 aromatic rings. The van der Waals surface area contributed by atoms with Gasteiger partial charge < -0.3 is 10.2 Å².